The first-order valence-corrected chi connectivity index (χ1v) is 8.13. The number of halogens is 1. The van der Waals surface area contributed by atoms with E-state index in [2.05, 4.69) is 27.5 Å². The van der Waals surface area contributed by atoms with Crippen LogP contribution in [0.25, 0.3) is 0 Å². The molecule has 7 heteroatoms. The number of rotatable bonds is 3. The summed E-state index contributed by atoms with van der Waals surface area (Å²) in [5.74, 6) is -0.193. The molecule has 1 aromatic heterocycles. The summed E-state index contributed by atoms with van der Waals surface area (Å²) < 4.78 is 0. The average Bonchev–Trinajstić information content (AvgIpc) is 2.55. The van der Waals surface area contributed by atoms with Crippen LogP contribution in [0.1, 0.15) is 11.6 Å². The second kappa shape index (κ2) is 6.98. The number of H-pyrrole nitrogens is 1. The minimum absolute atomic E-state index is 0.213. The summed E-state index contributed by atoms with van der Waals surface area (Å²) in [6.07, 6.45) is 1.74. The number of nitrogens with one attached hydrogen (secondary N) is 4. The van der Waals surface area contributed by atoms with Crippen LogP contribution in [0.5, 0.6) is 0 Å². The predicted octanol–water partition coefficient (Wildman–Crippen LogP) is 2.44. The van der Waals surface area contributed by atoms with Crippen molar-refractivity contribution in [3.05, 3.63) is 71.5 Å². The topological polar surface area (TPSA) is 67.3 Å². The highest BCUT2D eigenvalue weighted by molar-refractivity contribution is 7.80. The van der Waals surface area contributed by atoms with Gasteiger partial charge in [0.15, 0.2) is 5.11 Å². The van der Waals surface area contributed by atoms with Crippen molar-refractivity contribution >= 4 is 40.7 Å². The summed E-state index contributed by atoms with van der Waals surface area (Å²) in [4.78, 5) is 15.8. The van der Waals surface area contributed by atoms with E-state index < -0.39 is 12.0 Å². The zero-order valence-electron chi connectivity index (χ0n) is 12.7. The van der Waals surface area contributed by atoms with Crippen molar-refractivity contribution < 1.29 is 9.78 Å². The summed E-state index contributed by atoms with van der Waals surface area (Å²) >= 11 is 11.5. The Morgan fingerprint density at radius 1 is 1.25 bits per heavy atom. The molecule has 3 rings (SSSR count). The first kappa shape index (κ1) is 16.4. The van der Waals surface area contributed by atoms with E-state index in [0.29, 0.717) is 21.6 Å². The second-order valence-corrected chi connectivity index (χ2v) is 6.18. The molecule has 1 saturated heterocycles. The molecule has 2 heterocycles. The number of aromatic nitrogens is 1. The molecule has 1 amide bonds. The number of anilines is 1. The monoisotopic (exact) mass is 359 g/mol. The molecular weight excluding hydrogens is 344 g/mol. The van der Waals surface area contributed by atoms with Crippen LogP contribution in [0.15, 0.2) is 60.9 Å². The fourth-order valence-corrected chi connectivity index (χ4v) is 3.17. The van der Waals surface area contributed by atoms with Crippen LogP contribution in [0.3, 0.4) is 0 Å². The zero-order chi connectivity index (χ0) is 17.1. The van der Waals surface area contributed by atoms with Gasteiger partial charge in [0, 0.05) is 16.8 Å². The number of hydrogen-bond donors (Lipinski definition) is 3. The molecule has 122 valence electrons. The molecular formula is C17H16ClN4OS+. The Labute approximate surface area is 150 Å². The highest BCUT2D eigenvalue weighted by Crippen LogP contribution is 2.33. The molecule has 0 spiro atoms. The fraction of sp³-hybridized carbons (Fsp3) is 0.118. The maximum Gasteiger partial charge on any atom is 0.318 e. The Morgan fingerprint density at radius 3 is 2.71 bits per heavy atom. The van der Waals surface area contributed by atoms with E-state index in [-0.39, 0.29) is 5.91 Å². The van der Waals surface area contributed by atoms with Crippen molar-refractivity contribution in [2.45, 2.75) is 6.04 Å². The quantitative estimate of drug-likeness (QED) is 0.736. The number of aromatic amines is 1. The van der Waals surface area contributed by atoms with Gasteiger partial charge in [-0.25, -0.2) is 15.1 Å². The third kappa shape index (κ3) is 3.39. The number of hydrogen-bond acceptors (Lipinski definition) is 2. The van der Waals surface area contributed by atoms with E-state index >= 15 is 0 Å². The first-order valence-electron chi connectivity index (χ1n) is 7.34. The van der Waals surface area contributed by atoms with E-state index in [1.165, 1.54) is 0 Å². The molecule has 1 aliphatic rings. The number of carbonyl (C=O) groups excluding carboxylic acids is 1. The lowest BCUT2D eigenvalue weighted by Crippen LogP contribution is -2.52. The Morgan fingerprint density at radius 2 is 2.00 bits per heavy atom. The van der Waals surface area contributed by atoms with E-state index in [1.807, 2.05) is 30.3 Å². The largest absolute Gasteiger partial charge is 0.354 e. The fourth-order valence-electron chi connectivity index (χ4n) is 2.66. The van der Waals surface area contributed by atoms with Crippen LogP contribution in [0.2, 0.25) is 5.02 Å². The summed E-state index contributed by atoms with van der Waals surface area (Å²) in [6.45, 7) is 3.96. The van der Waals surface area contributed by atoms with Crippen molar-refractivity contribution in [1.82, 2.24) is 10.6 Å². The molecule has 0 bridgehead atoms. The van der Waals surface area contributed by atoms with E-state index in [0.717, 1.165) is 5.56 Å². The Kier molecular flexibility index (Phi) is 4.78. The minimum Gasteiger partial charge on any atom is -0.354 e. The molecule has 1 aliphatic heterocycles. The Hall–Kier alpha value is -2.44. The normalized spacial score (nSPS) is 20.0. The predicted molar refractivity (Wildman–Crippen MR) is 97.3 cm³/mol. The lowest BCUT2D eigenvalue weighted by Gasteiger charge is -2.34. The second-order valence-electron chi connectivity index (χ2n) is 5.37. The molecule has 4 N–H and O–H groups in total. The van der Waals surface area contributed by atoms with Crippen molar-refractivity contribution in [1.29, 1.82) is 0 Å². The molecule has 2 unspecified atom stereocenters. The molecule has 2 aromatic rings. The maximum absolute atomic E-state index is 12.8. The number of benzene rings is 1. The molecule has 5 nitrogen and oxygen atoms in total. The molecule has 1 fully saturated rings. The SMILES string of the molecule is C=C1NC(=S)NC(c2ccccc2Cl)C1C(=O)Nc1cccc[nH+]1. The molecule has 1 aromatic carbocycles. The number of amides is 1. The van der Waals surface area contributed by atoms with E-state index in [4.69, 9.17) is 23.8 Å². The molecule has 24 heavy (non-hydrogen) atoms. The van der Waals surface area contributed by atoms with Gasteiger partial charge in [0.05, 0.1) is 12.2 Å². The highest BCUT2D eigenvalue weighted by Gasteiger charge is 2.39. The molecule has 2 atom stereocenters. The third-order valence-corrected chi connectivity index (χ3v) is 4.32. The van der Waals surface area contributed by atoms with Gasteiger partial charge in [0.2, 0.25) is 0 Å². The van der Waals surface area contributed by atoms with Gasteiger partial charge < -0.3 is 10.6 Å². The number of carbonyl (C=O) groups is 1. The van der Waals surface area contributed by atoms with E-state index in [9.17, 15) is 4.79 Å². The molecule has 0 aliphatic carbocycles. The van der Waals surface area contributed by atoms with Crippen molar-refractivity contribution in [3.63, 3.8) is 0 Å². The van der Waals surface area contributed by atoms with Crippen LogP contribution in [0, 0.1) is 5.92 Å². The van der Waals surface area contributed by atoms with Gasteiger partial charge in [-0.3, -0.25) is 0 Å². The molecule has 0 radical (unpaired) electrons. The van der Waals surface area contributed by atoms with Gasteiger partial charge in [-0.15, -0.1) is 0 Å². The van der Waals surface area contributed by atoms with Crippen LogP contribution in [-0.2, 0) is 4.79 Å². The van der Waals surface area contributed by atoms with Gasteiger partial charge in [0.1, 0.15) is 5.92 Å². The van der Waals surface area contributed by atoms with E-state index in [1.54, 1.807) is 18.3 Å². The van der Waals surface area contributed by atoms with Crippen LogP contribution >= 0.6 is 23.8 Å². The van der Waals surface area contributed by atoms with Gasteiger partial charge in [-0.05, 0) is 29.9 Å². The summed E-state index contributed by atoms with van der Waals surface area (Å²) in [6, 6.07) is 12.4. The summed E-state index contributed by atoms with van der Waals surface area (Å²) in [5, 5.41) is 9.89. The Balaban J connectivity index is 1.92. The van der Waals surface area contributed by atoms with Gasteiger partial charge in [-0.2, -0.15) is 0 Å². The first-order chi connectivity index (χ1) is 11.6. The lowest BCUT2D eigenvalue weighted by molar-refractivity contribution is -0.360. The number of pyridine rings is 1. The maximum atomic E-state index is 12.8. The highest BCUT2D eigenvalue weighted by atomic mass is 35.5. The number of thiocarbonyl (C=S) groups is 1. The van der Waals surface area contributed by atoms with Crippen LogP contribution < -0.4 is 20.9 Å². The van der Waals surface area contributed by atoms with Gasteiger partial charge in [0.25, 0.3) is 5.82 Å². The molecule has 0 saturated carbocycles. The van der Waals surface area contributed by atoms with Crippen LogP contribution in [-0.4, -0.2) is 11.0 Å². The smallest absolute Gasteiger partial charge is 0.318 e. The zero-order valence-corrected chi connectivity index (χ0v) is 14.2. The van der Waals surface area contributed by atoms with Gasteiger partial charge >= 0.3 is 5.91 Å². The van der Waals surface area contributed by atoms with Crippen LogP contribution in [0.4, 0.5) is 5.82 Å². The average molecular weight is 360 g/mol. The summed E-state index contributed by atoms with van der Waals surface area (Å²) in [5.41, 5.74) is 1.32. The third-order valence-electron chi connectivity index (χ3n) is 3.76. The van der Waals surface area contributed by atoms with Crippen molar-refractivity contribution in [3.8, 4) is 0 Å². The van der Waals surface area contributed by atoms with Gasteiger partial charge in [-0.1, -0.05) is 42.4 Å². The summed E-state index contributed by atoms with van der Waals surface area (Å²) in [7, 11) is 0. The minimum atomic E-state index is -0.579. The Bertz CT molecular complexity index is 796. The standard InChI is InChI=1S/C17H15ClN4OS/c1-10-14(16(23)21-13-8-4-5-9-19-13)15(22-17(24)20-10)11-6-2-3-7-12(11)18/h2-9,14-15H,1H2,(H,19,21,23)(H2,20,22,24)/p+1. The van der Waals surface area contributed by atoms with Crippen molar-refractivity contribution in [2.75, 3.05) is 5.32 Å². The van der Waals surface area contributed by atoms with Crippen molar-refractivity contribution in [2.24, 2.45) is 5.92 Å². The lowest BCUT2D eigenvalue weighted by atomic mass is 9.88.